The molecule has 8 aliphatic heterocycles. The summed E-state index contributed by atoms with van der Waals surface area (Å²) in [6.45, 7) is 12.3. The third kappa shape index (κ3) is 5.42. The van der Waals surface area contributed by atoms with Crippen LogP contribution in [0.4, 0.5) is 21.0 Å². The van der Waals surface area contributed by atoms with Gasteiger partial charge in [0, 0.05) is 47.9 Å². The van der Waals surface area contributed by atoms with Crippen molar-refractivity contribution >= 4 is 23.6 Å². The van der Waals surface area contributed by atoms with Crippen LogP contribution in [0.25, 0.3) is 0 Å². The van der Waals surface area contributed by atoms with Crippen molar-refractivity contribution in [1.29, 1.82) is 0 Å². The average molecular weight is 729 g/mol. The van der Waals surface area contributed by atoms with Gasteiger partial charge in [0.15, 0.2) is 23.8 Å². The van der Waals surface area contributed by atoms with Crippen LogP contribution in [-0.4, -0.2) is 60.1 Å². The van der Waals surface area contributed by atoms with E-state index in [9.17, 15) is 9.59 Å². The fraction of sp³-hybridized carbons (Fsp3) is 0.789. The zero-order valence-electron chi connectivity index (χ0n) is 30.8. The van der Waals surface area contributed by atoms with E-state index in [0.717, 1.165) is 38.5 Å². The summed E-state index contributed by atoms with van der Waals surface area (Å²) in [4.78, 5) is 50.7. The highest BCUT2D eigenvalue weighted by Gasteiger charge is 2.71. The summed E-state index contributed by atoms with van der Waals surface area (Å²) in [6.07, 6.45) is 2.53. The van der Waals surface area contributed by atoms with E-state index in [1.54, 1.807) is 24.3 Å². The molecule has 1 aromatic rings. The lowest BCUT2D eigenvalue weighted by Crippen LogP contribution is -2.70. The molecule has 10 fully saturated rings. The van der Waals surface area contributed by atoms with Crippen LogP contribution >= 0.6 is 0 Å². The fourth-order valence-corrected chi connectivity index (χ4v) is 11.2. The molecule has 14 heteroatoms. The molecule has 286 valence electrons. The van der Waals surface area contributed by atoms with E-state index in [1.807, 2.05) is 27.7 Å². The third-order valence-corrected chi connectivity index (χ3v) is 14.0. The lowest BCUT2D eigenvalue weighted by Gasteiger charge is -2.59. The first-order chi connectivity index (χ1) is 24.8. The van der Waals surface area contributed by atoms with Gasteiger partial charge in [-0.25, -0.2) is 29.1 Å². The summed E-state index contributed by atoms with van der Waals surface area (Å²) in [5, 5.41) is 5.57. The van der Waals surface area contributed by atoms with Crippen molar-refractivity contribution in [1.82, 2.24) is 0 Å². The Labute approximate surface area is 303 Å². The Hall–Kier alpha value is -2.56. The van der Waals surface area contributed by atoms with Crippen LogP contribution in [0, 0.1) is 47.3 Å². The summed E-state index contributed by atoms with van der Waals surface area (Å²) in [7, 11) is 0. The largest absolute Gasteiger partial charge is 0.419 e. The Morgan fingerprint density at radius 3 is 1.52 bits per heavy atom. The lowest BCUT2D eigenvalue weighted by molar-refractivity contribution is -0.576. The third-order valence-electron chi connectivity index (χ3n) is 14.0. The first kappa shape index (κ1) is 35.2. The van der Waals surface area contributed by atoms with Crippen molar-refractivity contribution in [3.63, 3.8) is 0 Å². The normalized spacial score (nSPS) is 50.1. The van der Waals surface area contributed by atoms with Crippen molar-refractivity contribution in [3.05, 3.63) is 24.3 Å². The van der Waals surface area contributed by atoms with Gasteiger partial charge < -0.3 is 28.4 Å². The molecule has 2 spiro atoms. The summed E-state index contributed by atoms with van der Waals surface area (Å²) >= 11 is 0. The number of rotatable bonds is 4. The van der Waals surface area contributed by atoms with Gasteiger partial charge in [-0.1, -0.05) is 33.8 Å². The highest BCUT2D eigenvalue weighted by atomic mass is 17.3. The van der Waals surface area contributed by atoms with Crippen molar-refractivity contribution < 1.29 is 57.6 Å². The van der Waals surface area contributed by atoms with E-state index in [4.69, 9.17) is 48.0 Å². The van der Waals surface area contributed by atoms with E-state index in [2.05, 4.69) is 24.5 Å². The van der Waals surface area contributed by atoms with E-state index in [0.29, 0.717) is 36.1 Å². The minimum Gasteiger partial charge on any atom is -0.419 e. The van der Waals surface area contributed by atoms with E-state index in [1.165, 1.54) is 0 Å². The second kappa shape index (κ2) is 12.5. The maximum absolute atomic E-state index is 13.3. The molecular weight excluding hydrogens is 676 g/mol. The molecular formula is C38H52N2O12. The Morgan fingerprint density at radius 1 is 0.635 bits per heavy atom. The van der Waals surface area contributed by atoms with Gasteiger partial charge in [0.05, 0.1) is 0 Å². The first-order valence-corrected chi connectivity index (χ1v) is 19.3. The maximum atomic E-state index is 13.3. The Morgan fingerprint density at radius 2 is 1.08 bits per heavy atom. The number of amides is 2. The smallest absolute Gasteiger partial charge is 0.413 e. The van der Waals surface area contributed by atoms with E-state index < -0.39 is 60.1 Å². The van der Waals surface area contributed by atoms with Gasteiger partial charge in [-0.15, -0.1) is 0 Å². The van der Waals surface area contributed by atoms with Crippen LogP contribution in [0.1, 0.15) is 92.9 Å². The van der Waals surface area contributed by atoms with Crippen molar-refractivity contribution in [2.75, 3.05) is 10.6 Å². The lowest BCUT2D eigenvalue weighted by atomic mass is 9.58. The number of benzene rings is 1. The summed E-state index contributed by atoms with van der Waals surface area (Å²) in [5.74, 6) is -0.887. The standard InChI is InChI=1S/C38H52N2O12/c1-19-10-12-27-21(3)29(43-31-37(27)25(19)14-16-35(5,47-31)49-51-37)45-33(41)39-23-8-7-9-24(18-23)40-34(42)46-30-22(4)28-13-11-20(2)26-15-17-36(6)48-32(44-30)38(26,28)52-50-36/h7-9,18-22,25-32H,10-17H2,1-6H3,(H,39,41)(H,40,42)/t19-,20-,21-,22-,25+,26+,27+,28+,29?,30?,31-,32-,35+,36+,37-,38-/m1/s1. The molecule has 2 unspecified atom stereocenters. The van der Waals surface area contributed by atoms with Crippen LogP contribution in [-0.2, 0) is 48.0 Å². The highest BCUT2D eigenvalue weighted by molar-refractivity contribution is 5.88. The first-order valence-electron chi connectivity index (χ1n) is 19.3. The second-order valence-corrected chi connectivity index (χ2v) is 17.2. The summed E-state index contributed by atoms with van der Waals surface area (Å²) < 4.78 is 37.3. The van der Waals surface area contributed by atoms with Gasteiger partial charge in [-0.2, -0.15) is 0 Å². The van der Waals surface area contributed by atoms with Gasteiger partial charge in [0.2, 0.25) is 24.2 Å². The van der Waals surface area contributed by atoms with E-state index >= 15 is 0 Å². The predicted molar refractivity (Wildman–Crippen MR) is 180 cm³/mol. The summed E-state index contributed by atoms with van der Waals surface area (Å²) in [6, 6.07) is 6.75. The van der Waals surface area contributed by atoms with Gasteiger partial charge in [-0.3, -0.25) is 10.6 Å². The zero-order chi connectivity index (χ0) is 36.2. The molecule has 2 saturated carbocycles. The van der Waals surface area contributed by atoms with Crippen molar-refractivity contribution in [3.8, 4) is 0 Å². The topological polar surface area (TPSA) is 150 Å². The number of carbonyl (C=O) groups is 2. The van der Waals surface area contributed by atoms with Crippen LogP contribution in [0.3, 0.4) is 0 Å². The number of anilines is 2. The summed E-state index contributed by atoms with van der Waals surface area (Å²) in [5.41, 5.74) is -0.661. The zero-order valence-corrected chi connectivity index (χ0v) is 30.8. The minimum atomic E-state index is -0.926. The molecule has 10 aliphatic rings. The molecule has 0 aromatic heterocycles. The SMILES string of the molecule is C[C@@H]1CC[C@H]2[C@@H](C)C(OC(=O)Nc3cccc(NC(=O)OC4O[C@@H]5O[C@]6(C)CC[C@H]7[C@H](C)CC[C@@H]([C@H]4C)[C@@]57OO6)c3)O[C@@H]3O[C@]4(C)CC[C@@H]1[C@]32OO4. The number of hydrogen-bond acceptors (Lipinski definition) is 12. The van der Waals surface area contributed by atoms with Crippen LogP contribution < -0.4 is 10.6 Å². The molecule has 2 amide bonds. The number of ether oxygens (including phenoxy) is 6. The number of nitrogens with one attached hydrogen (secondary N) is 2. The van der Waals surface area contributed by atoms with Gasteiger partial charge in [0.25, 0.3) is 0 Å². The fourth-order valence-electron chi connectivity index (χ4n) is 11.2. The number of fused-ring (bicyclic) bond motifs is 4. The van der Waals surface area contributed by atoms with E-state index in [-0.39, 0.29) is 35.5 Å². The molecule has 16 atom stereocenters. The van der Waals surface area contributed by atoms with Gasteiger partial charge in [0.1, 0.15) is 0 Å². The van der Waals surface area contributed by atoms with Gasteiger partial charge in [-0.05, 0) is 94.2 Å². The van der Waals surface area contributed by atoms with Crippen LogP contribution in [0.5, 0.6) is 0 Å². The molecule has 8 saturated heterocycles. The monoisotopic (exact) mass is 728 g/mol. The molecule has 2 aliphatic carbocycles. The molecule has 52 heavy (non-hydrogen) atoms. The minimum absolute atomic E-state index is 0.0177. The molecule has 4 bridgehead atoms. The number of hydrogen-bond donors (Lipinski definition) is 2. The average Bonchev–Trinajstić information content (AvgIpc) is 3.47. The molecule has 0 radical (unpaired) electrons. The maximum Gasteiger partial charge on any atom is 0.413 e. The Kier molecular flexibility index (Phi) is 8.44. The van der Waals surface area contributed by atoms with Crippen molar-refractivity contribution in [2.24, 2.45) is 47.3 Å². The number of carbonyl (C=O) groups excluding carboxylic acids is 2. The molecule has 2 N–H and O–H groups in total. The van der Waals surface area contributed by atoms with Crippen LogP contribution in [0.15, 0.2) is 24.3 Å². The highest BCUT2D eigenvalue weighted by Crippen LogP contribution is 2.62. The predicted octanol–water partition coefficient (Wildman–Crippen LogP) is 7.20. The van der Waals surface area contributed by atoms with Crippen LogP contribution in [0.2, 0.25) is 0 Å². The Balaban J connectivity index is 0.840. The van der Waals surface area contributed by atoms with Crippen molar-refractivity contribution in [2.45, 2.75) is 141 Å². The Bertz CT molecular complexity index is 1470. The molecule has 11 rings (SSSR count). The molecule has 8 heterocycles. The quantitative estimate of drug-likeness (QED) is 0.302. The second-order valence-electron chi connectivity index (χ2n) is 17.2. The van der Waals surface area contributed by atoms with Gasteiger partial charge >= 0.3 is 12.2 Å². The molecule has 1 aromatic carbocycles. The molecule has 14 nitrogen and oxygen atoms in total.